The van der Waals surface area contributed by atoms with E-state index >= 15 is 0 Å². The van der Waals surface area contributed by atoms with Gasteiger partial charge in [-0.15, -0.1) is 0 Å². The molecule has 0 amide bonds. The maximum atomic E-state index is 12.9. The van der Waals surface area contributed by atoms with Crippen LogP contribution < -0.4 is 10.2 Å². The molecule has 0 spiro atoms. The molecule has 2 aromatic heterocycles. The molecular weight excluding hydrogens is 280 g/mol. The molecule has 1 aromatic carbocycles. The maximum absolute atomic E-state index is 12.9. The highest BCUT2D eigenvalue weighted by Crippen LogP contribution is 2.33. The van der Waals surface area contributed by atoms with Crippen molar-refractivity contribution in [1.29, 1.82) is 0 Å². The molecule has 114 valence electrons. The molecule has 0 radical (unpaired) electrons. The van der Waals surface area contributed by atoms with E-state index in [-0.39, 0.29) is 17.3 Å². The van der Waals surface area contributed by atoms with Gasteiger partial charge in [0.25, 0.3) is 0 Å². The van der Waals surface area contributed by atoms with Gasteiger partial charge in [0.05, 0.1) is 17.8 Å². The largest absolute Gasteiger partial charge is 0.483 e. The van der Waals surface area contributed by atoms with Gasteiger partial charge in [-0.1, -0.05) is 6.07 Å². The predicted molar refractivity (Wildman–Crippen MR) is 85.4 cm³/mol. The summed E-state index contributed by atoms with van der Waals surface area (Å²) in [7, 11) is 0. The molecule has 0 aliphatic carbocycles. The second-order valence-electron chi connectivity index (χ2n) is 5.69. The van der Waals surface area contributed by atoms with Crippen LogP contribution in [0.15, 0.2) is 44.2 Å². The Morgan fingerprint density at radius 3 is 2.59 bits per heavy atom. The lowest BCUT2D eigenvalue weighted by molar-refractivity contribution is 0.236. The van der Waals surface area contributed by atoms with Gasteiger partial charge in [0.15, 0.2) is 5.76 Å². The topological polar surface area (TPSA) is 52.6 Å². The van der Waals surface area contributed by atoms with E-state index in [1.807, 2.05) is 39.8 Å². The Labute approximate surface area is 128 Å². The molecule has 0 aliphatic heterocycles. The molecule has 0 aliphatic rings. The summed E-state index contributed by atoms with van der Waals surface area (Å²) >= 11 is 0. The molecule has 0 saturated carbocycles. The van der Waals surface area contributed by atoms with Crippen molar-refractivity contribution >= 4 is 11.0 Å². The average molecular weight is 298 g/mol. The molecule has 0 fully saturated rings. The summed E-state index contributed by atoms with van der Waals surface area (Å²) in [5.41, 5.74) is 2.32. The van der Waals surface area contributed by atoms with Gasteiger partial charge in [-0.3, -0.25) is 4.79 Å². The van der Waals surface area contributed by atoms with E-state index in [1.165, 1.54) is 0 Å². The SMILES string of the molecule is Cc1cc(C)c2oc(-c3ccco3)c(OC(C)C)c(=O)c2c1. The first-order valence-electron chi connectivity index (χ1n) is 7.26. The summed E-state index contributed by atoms with van der Waals surface area (Å²) in [5, 5.41) is 0.531. The van der Waals surface area contributed by atoms with Crippen LogP contribution in [0.2, 0.25) is 0 Å². The summed E-state index contributed by atoms with van der Waals surface area (Å²) < 4.78 is 17.1. The van der Waals surface area contributed by atoms with Crippen LogP contribution in [-0.4, -0.2) is 6.10 Å². The van der Waals surface area contributed by atoms with Gasteiger partial charge in [-0.25, -0.2) is 0 Å². The molecule has 0 saturated heterocycles. The van der Waals surface area contributed by atoms with Gasteiger partial charge < -0.3 is 13.6 Å². The molecule has 22 heavy (non-hydrogen) atoms. The average Bonchev–Trinajstić information content (AvgIpc) is 2.96. The molecule has 0 atom stereocenters. The van der Waals surface area contributed by atoms with E-state index in [1.54, 1.807) is 18.4 Å². The van der Waals surface area contributed by atoms with E-state index in [4.69, 9.17) is 13.6 Å². The number of rotatable bonds is 3. The Kier molecular flexibility index (Phi) is 3.53. The van der Waals surface area contributed by atoms with Crippen LogP contribution in [0, 0.1) is 13.8 Å². The number of hydrogen-bond acceptors (Lipinski definition) is 4. The van der Waals surface area contributed by atoms with E-state index in [9.17, 15) is 4.79 Å². The van der Waals surface area contributed by atoms with Crippen molar-refractivity contribution in [2.24, 2.45) is 0 Å². The fourth-order valence-corrected chi connectivity index (χ4v) is 2.55. The second kappa shape index (κ2) is 5.37. The first kappa shape index (κ1) is 14.4. The van der Waals surface area contributed by atoms with Gasteiger partial charge in [-0.2, -0.15) is 0 Å². The summed E-state index contributed by atoms with van der Waals surface area (Å²) in [6.45, 7) is 7.62. The Hall–Kier alpha value is -2.49. The molecule has 3 rings (SSSR count). The highest BCUT2D eigenvalue weighted by molar-refractivity contribution is 5.84. The molecule has 0 bridgehead atoms. The fourth-order valence-electron chi connectivity index (χ4n) is 2.55. The Morgan fingerprint density at radius 2 is 1.95 bits per heavy atom. The number of furan rings is 1. The van der Waals surface area contributed by atoms with Gasteiger partial charge >= 0.3 is 0 Å². The summed E-state index contributed by atoms with van der Waals surface area (Å²) in [6.07, 6.45) is 1.40. The van der Waals surface area contributed by atoms with Crippen molar-refractivity contribution in [2.75, 3.05) is 0 Å². The van der Waals surface area contributed by atoms with E-state index in [2.05, 4.69) is 0 Å². The van der Waals surface area contributed by atoms with E-state index < -0.39 is 0 Å². The van der Waals surface area contributed by atoms with Gasteiger partial charge in [0.2, 0.25) is 16.9 Å². The van der Waals surface area contributed by atoms with Gasteiger partial charge in [0, 0.05) is 0 Å². The highest BCUT2D eigenvalue weighted by atomic mass is 16.5. The normalized spacial score (nSPS) is 11.3. The monoisotopic (exact) mass is 298 g/mol. The Balaban J connectivity index is 2.40. The zero-order valence-electron chi connectivity index (χ0n) is 13.1. The second-order valence-corrected chi connectivity index (χ2v) is 5.69. The third-order valence-corrected chi connectivity index (χ3v) is 3.38. The first-order valence-corrected chi connectivity index (χ1v) is 7.26. The summed E-state index contributed by atoms with van der Waals surface area (Å²) in [4.78, 5) is 12.9. The van der Waals surface area contributed by atoms with Crippen molar-refractivity contribution in [2.45, 2.75) is 33.8 Å². The summed E-state index contributed by atoms with van der Waals surface area (Å²) in [6, 6.07) is 7.31. The minimum atomic E-state index is -0.173. The van der Waals surface area contributed by atoms with Crippen LogP contribution in [-0.2, 0) is 0 Å². The van der Waals surface area contributed by atoms with Crippen LogP contribution in [0.4, 0.5) is 0 Å². The fraction of sp³-hybridized carbons (Fsp3) is 0.278. The van der Waals surface area contributed by atoms with Crippen molar-refractivity contribution < 1.29 is 13.6 Å². The Bertz CT molecular complexity index is 870. The lowest BCUT2D eigenvalue weighted by atomic mass is 10.1. The third-order valence-electron chi connectivity index (χ3n) is 3.38. The predicted octanol–water partition coefficient (Wildman–Crippen LogP) is 4.46. The van der Waals surface area contributed by atoms with Gasteiger partial charge in [0.1, 0.15) is 5.58 Å². The number of aryl methyl sites for hydroxylation is 2. The lowest BCUT2D eigenvalue weighted by Crippen LogP contribution is -2.15. The maximum Gasteiger partial charge on any atom is 0.235 e. The zero-order chi connectivity index (χ0) is 15.9. The smallest absolute Gasteiger partial charge is 0.235 e. The van der Waals surface area contributed by atoms with Crippen LogP contribution in [0.5, 0.6) is 5.75 Å². The van der Waals surface area contributed by atoms with Crippen LogP contribution in [0.1, 0.15) is 25.0 Å². The lowest BCUT2D eigenvalue weighted by Gasteiger charge is -2.13. The molecule has 0 N–H and O–H groups in total. The third kappa shape index (κ3) is 2.41. The number of benzene rings is 1. The quantitative estimate of drug-likeness (QED) is 0.716. The van der Waals surface area contributed by atoms with Crippen LogP contribution >= 0.6 is 0 Å². The number of ether oxygens (including phenoxy) is 1. The molecule has 3 aromatic rings. The summed E-state index contributed by atoms with van der Waals surface area (Å²) in [5.74, 6) is 1.01. The van der Waals surface area contributed by atoms with Crippen molar-refractivity contribution in [3.8, 4) is 17.3 Å². The van der Waals surface area contributed by atoms with Crippen LogP contribution in [0.25, 0.3) is 22.5 Å². The van der Waals surface area contributed by atoms with Crippen molar-refractivity contribution in [3.05, 3.63) is 51.9 Å². The molecule has 0 unspecified atom stereocenters. The van der Waals surface area contributed by atoms with Gasteiger partial charge in [-0.05, 0) is 57.0 Å². The Morgan fingerprint density at radius 1 is 1.18 bits per heavy atom. The van der Waals surface area contributed by atoms with E-state index in [0.29, 0.717) is 22.5 Å². The first-order chi connectivity index (χ1) is 10.5. The number of hydrogen-bond donors (Lipinski definition) is 0. The number of fused-ring (bicyclic) bond motifs is 1. The van der Waals surface area contributed by atoms with E-state index in [0.717, 1.165) is 11.1 Å². The minimum Gasteiger partial charge on any atom is -0.483 e. The molecule has 4 heteroatoms. The minimum absolute atomic E-state index is 0.139. The molecule has 2 heterocycles. The molecular formula is C18H18O4. The standard InChI is InChI=1S/C18H18O4/c1-10(2)21-18-15(19)13-9-11(3)8-12(4)16(13)22-17(18)14-6-5-7-20-14/h5-10H,1-4H3. The van der Waals surface area contributed by atoms with Crippen LogP contribution in [0.3, 0.4) is 0 Å². The van der Waals surface area contributed by atoms with Crippen molar-refractivity contribution in [3.63, 3.8) is 0 Å². The molecule has 4 nitrogen and oxygen atoms in total. The zero-order valence-corrected chi connectivity index (χ0v) is 13.1. The highest BCUT2D eigenvalue weighted by Gasteiger charge is 2.21. The van der Waals surface area contributed by atoms with Crippen molar-refractivity contribution in [1.82, 2.24) is 0 Å².